The molecule has 0 aromatic heterocycles. The molecular formula is C11H12O2. The van der Waals surface area contributed by atoms with E-state index in [1.165, 1.54) is 0 Å². The molecule has 0 aromatic rings. The van der Waals surface area contributed by atoms with Crippen molar-refractivity contribution < 1.29 is 9.59 Å². The van der Waals surface area contributed by atoms with Crippen molar-refractivity contribution in [2.75, 3.05) is 0 Å². The molecule has 2 aliphatic rings. The van der Waals surface area contributed by atoms with E-state index in [0.29, 0.717) is 19.3 Å². The summed E-state index contributed by atoms with van der Waals surface area (Å²) in [6.07, 6.45) is 8.40. The number of carbonyl (C=O) groups is 2. The Labute approximate surface area is 77.7 Å². The number of Topliss-reactive ketones (excluding diaryl/α,β-unsaturated/α-hetero) is 2. The van der Waals surface area contributed by atoms with Crippen LogP contribution in [0, 0.1) is 23.7 Å². The monoisotopic (exact) mass is 176 g/mol. The van der Waals surface area contributed by atoms with E-state index in [4.69, 9.17) is 6.42 Å². The Morgan fingerprint density at radius 3 is 2.31 bits per heavy atom. The van der Waals surface area contributed by atoms with Crippen molar-refractivity contribution in [1.82, 2.24) is 0 Å². The highest BCUT2D eigenvalue weighted by Gasteiger charge is 2.57. The lowest BCUT2D eigenvalue weighted by Gasteiger charge is -2.22. The molecule has 0 amide bonds. The highest BCUT2D eigenvalue weighted by molar-refractivity contribution is 6.10. The van der Waals surface area contributed by atoms with Crippen LogP contribution >= 0.6 is 0 Å². The molecule has 0 spiro atoms. The summed E-state index contributed by atoms with van der Waals surface area (Å²) in [7, 11) is 0. The molecule has 0 heterocycles. The van der Waals surface area contributed by atoms with E-state index in [9.17, 15) is 9.59 Å². The van der Waals surface area contributed by atoms with Gasteiger partial charge in [-0.25, -0.2) is 0 Å². The van der Waals surface area contributed by atoms with Crippen molar-refractivity contribution in [2.45, 2.75) is 32.1 Å². The Morgan fingerprint density at radius 1 is 1.31 bits per heavy atom. The summed E-state index contributed by atoms with van der Waals surface area (Å²) in [6, 6.07) is 0. The van der Waals surface area contributed by atoms with Crippen molar-refractivity contribution in [3.63, 3.8) is 0 Å². The average molecular weight is 176 g/mol. The fourth-order valence-corrected chi connectivity index (χ4v) is 2.81. The molecule has 0 radical (unpaired) electrons. The lowest BCUT2D eigenvalue weighted by Crippen LogP contribution is -2.34. The van der Waals surface area contributed by atoms with Gasteiger partial charge in [-0.15, -0.1) is 12.3 Å². The van der Waals surface area contributed by atoms with Gasteiger partial charge in [0.25, 0.3) is 0 Å². The van der Waals surface area contributed by atoms with Crippen LogP contribution in [0.1, 0.15) is 32.1 Å². The normalized spacial score (nSPS) is 37.6. The fraction of sp³-hybridized carbons (Fsp3) is 0.636. The first-order chi connectivity index (χ1) is 6.21. The van der Waals surface area contributed by atoms with Crippen LogP contribution in [0.4, 0.5) is 0 Å². The van der Waals surface area contributed by atoms with Crippen LogP contribution in [0.5, 0.6) is 0 Å². The third-order valence-electron chi connectivity index (χ3n) is 3.51. The number of ketones is 2. The quantitative estimate of drug-likeness (QED) is 0.446. The number of fused-ring (bicyclic) bond motifs is 1. The van der Waals surface area contributed by atoms with Crippen molar-refractivity contribution in [3.8, 4) is 12.3 Å². The molecule has 0 bridgehead atoms. The van der Waals surface area contributed by atoms with Crippen LogP contribution in [-0.2, 0) is 9.59 Å². The second kappa shape index (κ2) is 2.70. The maximum absolute atomic E-state index is 11.7. The van der Waals surface area contributed by atoms with Gasteiger partial charge in [0.2, 0.25) is 0 Å². The first-order valence-corrected chi connectivity index (χ1v) is 4.72. The molecule has 2 fully saturated rings. The minimum atomic E-state index is -0.741. The van der Waals surface area contributed by atoms with Crippen LogP contribution in [0.15, 0.2) is 0 Å². The van der Waals surface area contributed by atoms with Crippen LogP contribution < -0.4 is 0 Å². The molecule has 2 heteroatoms. The second-order valence-electron chi connectivity index (χ2n) is 3.97. The Balaban J connectivity index is 2.41. The first-order valence-electron chi connectivity index (χ1n) is 4.72. The predicted molar refractivity (Wildman–Crippen MR) is 47.9 cm³/mol. The molecule has 68 valence electrons. The lowest BCUT2D eigenvalue weighted by molar-refractivity contribution is -0.137. The SMILES string of the molecule is C#CCC12C(=O)CCC1CCC2=O. The maximum Gasteiger partial charge on any atom is 0.147 e. The smallest absolute Gasteiger partial charge is 0.147 e. The molecule has 13 heavy (non-hydrogen) atoms. The van der Waals surface area contributed by atoms with E-state index >= 15 is 0 Å². The molecule has 2 aliphatic carbocycles. The zero-order valence-electron chi connectivity index (χ0n) is 7.51. The van der Waals surface area contributed by atoms with Gasteiger partial charge in [0.1, 0.15) is 17.0 Å². The summed E-state index contributed by atoms with van der Waals surface area (Å²) in [6.45, 7) is 0. The average Bonchev–Trinajstić information content (AvgIpc) is 2.57. The van der Waals surface area contributed by atoms with Crippen molar-refractivity contribution in [2.24, 2.45) is 11.3 Å². The Hall–Kier alpha value is -1.10. The van der Waals surface area contributed by atoms with Gasteiger partial charge in [-0.05, 0) is 18.8 Å². The van der Waals surface area contributed by atoms with E-state index < -0.39 is 5.41 Å². The minimum Gasteiger partial charge on any atom is -0.299 e. The fourth-order valence-electron chi connectivity index (χ4n) is 2.81. The zero-order chi connectivity index (χ0) is 9.47. The van der Waals surface area contributed by atoms with Crippen molar-refractivity contribution in [1.29, 1.82) is 0 Å². The Kier molecular flexibility index (Phi) is 1.76. The molecule has 0 atom stereocenters. The Morgan fingerprint density at radius 2 is 1.85 bits per heavy atom. The van der Waals surface area contributed by atoms with E-state index in [1.54, 1.807) is 0 Å². The number of hydrogen-bond acceptors (Lipinski definition) is 2. The number of carbonyl (C=O) groups excluding carboxylic acids is 2. The molecule has 0 unspecified atom stereocenters. The van der Waals surface area contributed by atoms with Crippen molar-refractivity contribution in [3.05, 3.63) is 0 Å². The van der Waals surface area contributed by atoms with Gasteiger partial charge in [-0.3, -0.25) is 9.59 Å². The third kappa shape index (κ3) is 0.904. The predicted octanol–water partition coefficient (Wildman–Crippen LogP) is 1.34. The van der Waals surface area contributed by atoms with Gasteiger partial charge in [-0.1, -0.05) is 0 Å². The summed E-state index contributed by atoms with van der Waals surface area (Å²) in [5, 5.41) is 0. The summed E-state index contributed by atoms with van der Waals surface area (Å²) < 4.78 is 0. The first kappa shape index (κ1) is 8.50. The zero-order valence-corrected chi connectivity index (χ0v) is 7.51. The molecule has 0 aromatic carbocycles. The number of hydrogen-bond donors (Lipinski definition) is 0. The van der Waals surface area contributed by atoms with E-state index in [2.05, 4.69) is 5.92 Å². The minimum absolute atomic E-state index is 0.0953. The summed E-state index contributed by atoms with van der Waals surface area (Å²) in [5.41, 5.74) is -0.741. The van der Waals surface area contributed by atoms with Crippen LogP contribution in [0.25, 0.3) is 0 Å². The summed E-state index contributed by atoms with van der Waals surface area (Å²) >= 11 is 0. The molecule has 0 N–H and O–H groups in total. The lowest BCUT2D eigenvalue weighted by atomic mass is 9.76. The van der Waals surface area contributed by atoms with Gasteiger partial charge in [-0.2, -0.15) is 0 Å². The maximum atomic E-state index is 11.7. The van der Waals surface area contributed by atoms with Crippen LogP contribution in [-0.4, -0.2) is 11.6 Å². The van der Waals surface area contributed by atoms with E-state index in [0.717, 1.165) is 12.8 Å². The van der Waals surface area contributed by atoms with Crippen LogP contribution in [0.3, 0.4) is 0 Å². The summed E-state index contributed by atoms with van der Waals surface area (Å²) in [5.74, 6) is 2.93. The standard InChI is InChI=1S/C11H12O2/c1-2-7-11-8(3-5-9(11)12)4-6-10(11)13/h1,8H,3-7H2. The van der Waals surface area contributed by atoms with Gasteiger partial charge >= 0.3 is 0 Å². The third-order valence-corrected chi connectivity index (χ3v) is 3.51. The molecular weight excluding hydrogens is 164 g/mol. The largest absolute Gasteiger partial charge is 0.299 e. The summed E-state index contributed by atoms with van der Waals surface area (Å²) in [4.78, 5) is 23.3. The second-order valence-corrected chi connectivity index (χ2v) is 3.97. The number of terminal acetylenes is 1. The van der Waals surface area contributed by atoms with Crippen LogP contribution in [0.2, 0.25) is 0 Å². The van der Waals surface area contributed by atoms with Crippen molar-refractivity contribution >= 4 is 11.6 Å². The molecule has 2 nitrogen and oxygen atoms in total. The number of rotatable bonds is 1. The Bertz CT molecular complexity index is 289. The highest BCUT2D eigenvalue weighted by atomic mass is 16.2. The highest BCUT2D eigenvalue weighted by Crippen LogP contribution is 2.51. The van der Waals surface area contributed by atoms with Gasteiger partial charge in [0, 0.05) is 19.3 Å². The van der Waals surface area contributed by atoms with Gasteiger partial charge in [0.15, 0.2) is 0 Å². The molecule has 2 saturated carbocycles. The topological polar surface area (TPSA) is 34.1 Å². The van der Waals surface area contributed by atoms with Gasteiger partial charge in [0.05, 0.1) is 0 Å². The van der Waals surface area contributed by atoms with E-state index in [1.807, 2.05) is 0 Å². The molecule has 0 saturated heterocycles. The molecule has 2 rings (SSSR count). The van der Waals surface area contributed by atoms with E-state index in [-0.39, 0.29) is 17.5 Å². The molecule has 0 aliphatic heterocycles. The van der Waals surface area contributed by atoms with Gasteiger partial charge < -0.3 is 0 Å².